The van der Waals surface area contributed by atoms with Crippen LogP contribution in [-0.2, 0) is 11.3 Å². The van der Waals surface area contributed by atoms with E-state index >= 15 is 0 Å². The fourth-order valence-electron chi connectivity index (χ4n) is 3.29. The molecule has 0 aliphatic carbocycles. The molecule has 0 aliphatic rings. The van der Waals surface area contributed by atoms with Crippen molar-refractivity contribution in [1.29, 1.82) is 0 Å². The van der Waals surface area contributed by atoms with Gasteiger partial charge in [-0.15, -0.1) is 0 Å². The van der Waals surface area contributed by atoms with Crippen LogP contribution in [0.5, 0.6) is 0 Å². The Balaban J connectivity index is 1.40. The molecule has 1 amide bonds. The van der Waals surface area contributed by atoms with E-state index in [1.54, 1.807) is 28.8 Å². The van der Waals surface area contributed by atoms with E-state index in [1.165, 1.54) is 11.8 Å². The van der Waals surface area contributed by atoms with Crippen molar-refractivity contribution in [3.05, 3.63) is 81.8 Å². The van der Waals surface area contributed by atoms with Crippen molar-refractivity contribution in [3.8, 4) is 11.3 Å². The van der Waals surface area contributed by atoms with Gasteiger partial charge in [0.15, 0.2) is 5.16 Å². The zero-order valence-electron chi connectivity index (χ0n) is 17.7. The number of aromatic nitrogens is 2. The molecule has 0 saturated carbocycles. The minimum atomic E-state index is -0.169. The van der Waals surface area contributed by atoms with E-state index in [4.69, 9.17) is 16.0 Å². The molecule has 4 aromatic rings. The summed E-state index contributed by atoms with van der Waals surface area (Å²) in [5.74, 6) is 1.33. The largest absolute Gasteiger partial charge is 0.459 e. The predicted octanol–water partition coefficient (Wildman–Crippen LogP) is 5.30. The highest BCUT2D eigenvalue weighted by Crippen LogP contribution is 2.24. The lowest BCUT2D eigenvalue weighted by atomic mass is 10.2. The zero-order valence-corrected chi connectivity index (χ0v) is 19.2. The average molecular weight is 468 g/mol. The summed E-state index contributed by atoms with van der Waals surface area (Å²) in [5, 5.41) is 4.62. The van der Waals surface area contributed by atoms with Crippen molar-refractivity contribution < 1.29 is 9.21 Å². The second-order valence-corrected chi connectivity index (χ2v) is 8.90. The Bertz CT molecular complexity index is 1310. The molecule has 0 fully saturated rings. The smallest absolute Gasteiger partial charge is 0.262 e. The number of carbonyl (C=O) groups excluding carboxylic acids is 1. The maximum Gasteiger partial charge on any atom is 0.262 e. The van der Waals surface area contributed by atoms with Crippen LogP contribution in [0, 0.1) is 0 Å². The van der Waals surface area contributed by atoms with Crippen molar-refractivity contribution in [3.63, 3.8) is 0 Å². The van der Waals surface area contributed by atoms with Crippen LogP contribution in [0.25, 0.3) is 22.2 Å². The highest BCUT2D eigenvalue weighted by molar-refractivity contribution is 7.99. The molecule has 1 N–H and O–H groups in total. The van der Waals surface area contributed by atoms with Gasteiger partial charge < -0.3 is 9.73 Å². The summed E-state index contributed by atoms with van der Waals surface area (Å²) >= 11 is 7.17. The second kappa shape index (κ2) is 9.63. The third-order valence-corrected chi connectivity index (χ3v) is 6.08. The first kappa shape index (κ1) is 22.2. The average Bonchev–Trinajstić information content (AvgIpc) is 3.25. The lowest BCUT2D eigenvalue weighted by Crippen LogP contribution is -2.27. The topological polar surface area (TPSA) is 77.1 Å². The third-order valence-electron chi connectivity index (χ3n) is 4.87. The lowest BCUT2D eigenvalue weighted by molar-refractivity contribution is -0.118. The molecule has 0 unspecified atom stereocenters. The Labute approximate surface area is 194 Å². The molecule has 164 valence electrons. The lowest BCUT2D eigenvalue weighted by Gasteiger charge is -2.16. The molecule has 2 heterocycles. The van der Waals surface area contributed by atoms with Crippen LogP contribution in [-0.4, -0.2) is 21.2 Å². The number of halogens is 1. The number of rotatable bonds is 7. The molecule has 2 aromatic heterocycles. The number of nitrogens with one attached hydrogen (secondary N) is 1. The maximum atomic E-state index is 12.9. The number of carbonyl (C=O) groups is 1. The number of hydrogen-bond acceptors (Lipinski definition) is 5. The normalized spacial score (nSPS) is 11.2. The van der Waals surface area contributed by atoms with Crippen LogP contribution in [0.3, 0.4) is 0 Å². The van der Waals surface area contributed by atoms with E-state index in [9.17, 15) is 9.59 Å². The Morgan fingerprint density at radius 2 is 1.88 bits per heavy atom. The molecular formula is C24H22ClN3O3S. The molecule has 0 atom stereocenters. The Morgan fingerprint density at radius 3 is 2.62 bits per heavy atom. The van der Waals surface area contributed by atoms with E-state index in [-0.39, 0.29) is 29.8 Å². The van der Waals surface area contributed by atoms with Crippen LogP contribution in [0.15, 0.2) is 75.0 Å². The van der Waals surface area contributed by atoms with Crippen molar-refractivity contribution in [1.82, 2.24) is 14.9 Å². The first-order valence-corrected chi connectivity index (χ1v) is 11.5. The quantitative estimate of drug-likeness (QED) is 0.295. The molecule has 0 aliphatic heterocycles. The number of nitrogens with zero attached hydrogens (tertiary/aromatic N) is 2. The van der Waals surface area contributed by atoms with E-state index < -0.39 is 0 Å². The number of fused-ring (bicyclic) bond motifs is 1. The van der Waals surface area contributed by atoms with E-state index in [0.29, 0.717) is 32.6 Å². The molecule has 32 heavy (non-hydrogen) atoms. The fraction of sp³-hybridized carbons (Fsp3) is 0.208. The first-order chi connectivity index (χ1) is 15.4. The number of furan rings is 1. The summed E-state index contributed by atoms with van der Waals surface area (Å²) in [6.07, 6.45) is 0. The van der Waals surface area contributed by atoms with Gasteiger partial charge in [0.1, 0.15) is 11.5 Å². The number of thioether (sulfide) groups is 1. The van der Waals surface area contributed by atoms with E-state index in [0.717, 1.165) is 5.56 Å². The van der Waals surface area contributed by atoms with Crippen LogP contribution >= 0.6 is 23.4 Å². The SMILES string of the molecule is CC(C)n1c(SCC(=O)NCc2ccc(-c3ccc(Cl)cc3)o2)nc2ccccc2c1=O. The monoisotopic (exact) mass is 467 g/mol. The third kappa shape index (κ3) is 4.89. The summed E-state index contributed by atoms with van der Waals surface area (Å²) in [6.45, 7) is 4.13. The molecule has 8 heteroatoms. The van der Waals surface area contributed by atoms with Crippen LogP contribution in [0.2, 0.25) is 5.02 Å². The maximum absolute atomic E-state index is 12.9. The second-order valence-electron chi connectivity index (χ2n) is 7.52. The highest BCUT2D eigenvalue weighted by Gasteiger charge is 2.15. The molecule has 2 aromatic carbocycles. The van der Waals surface area contributed by atoms with E-state index in [1.807, 2.05) is 50.2 Å². The molecule has 0 saturated heterocycles. The van der Waals surface area contributed by atoms with Gasteiger partial charge in [-0.25, -0.2) is 4.98 Å². The molecule has 6 nitrogen and oxygen atoms in total. The summed E-state index contributed by atoms with van der Waals surface area (Å²) < 4.78 is 7.45. The summed E-state index contributed by atoms with van der Waals surface area (Å²) in [7, 11) is 0. The first-order valence-electron chi connectivity index (χ1n) is 10.2. The fourth-order valence-corrected chi connectivity index (χ4v) is 4.38. The van der Waals surface area contributed by atoms with Crippen molar-refractivity contribution in [2.24, 2.45) is 0 Å². The predicted molar refractivity (Wildman–Crippen MR) is 128 cm³/mol. The Hall–Kier alpha value is -3.03. The molecule has 0 bridgehead atoms. The molecule has 4 rings (SSSR count). The van der Waals surface area contributed by atoms with Gasteiger partial charge in [0.2, 0.25) is 5.91 Å². The standard InChI is InChI=1S/C24H22ClN3O3S/c1-15(2)28-23(30)19-5-3-4-6-20(19)27-24(28)32-14-22(29)26-13-18-11-12-21(31-18)16-7-9-17(25)10-8-16/h3-12,15H,13-14H2,1-2H3,(H,26,29). The number of benzene rings is 2. The van der Waals surface area contributed by atoms with Gasteiger partial charge >= 0.3 is 0 Å². The number of amides is 1. The summed E-state index contributed by atoms with van der Waals surface area (Å²) in [6, 6.07) is 18.2. The van der Waals surface area contributed by atoms with Gasteiger partial charge in [0, 0.05) is 16.6 Å². The van der Waals surface area contributed by atoms with Crippen LogP contribution in [0.1, 0.15) is 25.6 Å². The van der Waals surface area contributed by atoms with Gasteiger partial charge in [-0.3, -0.25) is 14.2 Å². The zero-order chi connectivity index (χ0) is 22.7. The van der Waals surface area contributed by atoms with Gasteiger partial charge in [0.05, 0.1) is 23.2 Å². The number of para-hydroxylation sites is 1. The minimum Gasteiger partial charge on any atom is -0.459 e. The van der Waals surface area contributed by atoms with Crippen molar-refractivity contribution in [2.45, 2.75) is 31.6 Å². The summed E-state index contributed by atoms with van der Waals surface area (Å²) in [5.41, 5.74) is 1.44. The van der Waals surface area contributed by atoms with Crippen molar-refractivity contribution >= 4 is 40.2 Å². The van der Waals surface area contributed by atoms with Gasteiger partial charge in [-0.1, -0.05) is 35.5 Å². The molecule has 0 radical (unpaired) electrons. The van der Waals surface area contributed by atoms with Crippen LogP contribution in [0.4, 0.5) is 0 Å². The summed E-state index contributed by atoms with van der Waals surface area (Å²) in [4.78, 5) is 29.9. The molecular weight excluding hydrogens is 446 g/mol. The van der Waals surface area contributed by atoms with Crippen molar-refractivity contribution in [2.75, 3.05) is 5.75 Å². The van der Waals surface area contributed by atoms with Gasteiger partial charge in [-0.2, -0.15) is 0 Å². The Kier molecular flexibility index (Phi) is 6.67. The van der Waals surface area contributed by atoms with Crippen LogP contribution < -0.4 is 10.9 Å². The highest BCUT2D eigenvalue weighted by atomic mass is 35.5. The van der Waals surface area contributed by atoms with Gasteiger partial charge in [-0.05, 0) is 62.4 Å². The molecule has 0 spiro atoms. The van der Waals surface area contributed by atoms with E-state index in [2.05, 4.69) is 10.3 Å². The minimum absolute atomic E-state index is 0.0698. The number of hydrogen-bond donors (Lipinski definition) is 1. The van der Waals surface area contributed by atoms with Gasteiger partial charge in [0.25, 0.3) is 5.56 Å². The Morgan fingerprint density at radius 1 is 1.12 bits per heavy atom.